The van der Waals surface area contributed by atoms with Gasteiger partial charge in [0.25, 0.3) is 35.4 Å². The van der Waals surface area contributed by atoms with Gasteiger partial charge < -0.3 is 71.1 Å². The number of aliphatic hydroxyl groups is 6. The topological polar surface area (TPSA) is 289 Å². The SMILES string of the molecule is C[C@H](NC(=O)[C@H](O)[C@@H](O)C(=O)N1CCCC1c1nc2ccccc2s1)c1ccc(Br)cc1.Cc1ccc(C)c(N2CCN(C(=O)[C@H](O)[C@@H](O)C(=O)N[C@@H](C)c3ccc(Br)cc3)CC2)c1.Cc1ccccc1N1CCN(C(=O)[C@H](O)[C@@H](O)C(=O)N[C@@H](C)c2ccc(Br)cc2)CC1. The number of carbonyl (C=O) groups is 6. The fourth-order valence-electron chi connectivity index (χ4n) is 11.4. The first-order valence-electron chi connectivity index (χ1n) is 31.4. The largest absolute Gasteiger partial charge is 0.380 e. The summed E-state index contributed by atoms with van der Waals surface area (Å²) in [5.74, 6) is -4.29. The number of anilines is 2. The minimum atomic E-state index is -1.86. The number of benzene rings is 6. The Morgan fingerprint density at radius 3 is 1.28 bits per heavy atom. The number of hydrogen-bond acceptors (Lipinski definition) is 16. The zero-order chi connectivity index (χ0) is 68.8. The van der Waals surface area contributed by atoms with Crippen LogP contribution in [0.1, 0.15) is 96.2 Å². The van der Waals surface area contributed by atoms with Crippen LogP contribution in [-0.2, 0) is 28.8 Å². The Bertz CT molecular complexity index is 3730. The van der Waals surface area contributed by atoms with E-state index in [0.717, 1.165) is 75.1 Å². The van der Waals surface area contributed by atoms with E-state index in [1.807, 2.05) is 135 Å². The number of aromatic nitrogens is 1. The van der Waals surface area contributed by atoms with Gasteiger partial charge in [0.15, 0.2) is 36.6 Å². The second-order valence-corrected chi connectivity index (χ2v) is 27.7. The number of nitrogens with zero attached hydrogens (tertiary/aromatic N) is 6. The third kappa shape index (κ3) is 19.3. The van der Waals surface area contributed by atoms with Crippen molar-refractivity contribution in [2.75, 3.05) is 68.7 Å². The zero-order valence-corrected chi connectivity index (χ0v) is 59.3. The Morgan fingerprint density at radius 2 is 0.853 bits per heavy atom. The Morgan fingerprint density at radius 1 is 0.463 bits per heavy atom. The number of thiazole rings is 1. The van der Waals surface area contributed by atoms with Crippen LogP contribution >= 0.6 is 59.1 Å². The van der Waals surface area contributed by atoms with Gasteiger partial charge in [0.2, 0.25) is 0 Å². The van der Waals surface area contributed by atoms with E-state index in [9.17, 15) is 59.4 Å². The Labute approximate surface area is 582 Å². The molecular weight excluding hydrogens is 1430 g/mol. The second kappa shape index (κ2) is 34.2. The van der Waals surface area contributed by atoms with E-state index in [-0.39, 0.29) is 18.1 Å². The molecule has 6 aromatic carbocycles. The van der Waals surface area contributed by atoms with Gasteiger partial charge >= 0.3 is 0 Å². The van der Waals surface area contributed by atoms with Crippen molar-refractivity contribution >= 4 is 116 Å². The first-order valence-corrected chi connectivity index (χ1v) is 34.6. The molecule has 9 N–H and O–H groups in total. The van der Waals surface area contributed by atoms with Crippen molar-refractivity contribution in [1.82, 2.24) is 35.6 Å². The number of carbonyl (C=O) groups excluding carboxylic acids is 6. The summed E-state index contributed by atoms with van der Waals surface area (Å²) in [4.78, 5) is 89.2. The molecule has 0 aliphatic carbocycles. The van der Waals surface area contributed by atoms with Crippen LogP contribution in [0.5, 0.6) is 0 Å². The maximum atomic E-state index is 13.0. The van der Waals surface area contributed by atoms with Crippen molar-refractivity contribution in [2.45, 2.75) is 115 Å². The number of fused-ring (bicyclic) bond motifs is 1. The van der Waals surface area contributed by atoms with E-state index in [2.05, 4.69) is 104 Å². The lowest BCUT2D eigenvalue weighted by atomic mass is 10.1. The highest BCUT2D eigenvalue weighted by atomic mass is 79.9. The highest BCUT2D eigenvalue weighted by molar-refractivity contribution is 9.11. The number of piperazine rings is 2. The molecule has 3 aliphatic heterocycles. The van der Waals surface area contributed by atoms with Crippen LogP contribution in [0.15, 0.2) is 153 Å². The van der Waals surface area contributed by atoms with Gasteiger partial charge in [-0.05, 0) is 148 Å². The van der Waals surface area contributed by atoms with Gasteiger partial charge in [-0.3, -0.25) is 28.8 Å². The molecule has 25 heteroatoms. The summed E-state index contributed by atoms with van der Waals surface area (Å²) in [6.07, 6.45) is -9.50. The predicted molar refractivity (Wildman–Crippen MR) is 376 cm³/mol. The molecule has 506 valence electrons. The molecule has 95 heavy (non-hydrogen) atoms. The molecule has 0 saturated carbocycles. The first-order chi connectivity index (χ1) is 45.3. The van der Waals surface area contributed by atoms with Gasteiger partial charge in [-0.1, -0.05) is 127 Å². The second-order valence-electron chi connectivity index (χ2n) is 23.9. The lowest BCUT2D eigenvalue weighted by molar-refractivity contribution is -0.154. The quantitative estimate of drug-likeness (QED) is 0.0399. The molecule has 6 amide bonds. The molecule has 3 aliphatic rings. The summed E-state index contributed by atoms with van der Waals surface area (Å²) in [6, 6.07) is 42.8. The van der Waals surface area contributed by atoms with Crippen molar-refractivity contribution < 1.29 is 59.4 Å². The van der Waals surface area contributed by atoms with Gasteiger partial charge in [0, 0.05) is 83.7 Å². The van der Waals surface area contributed by atoms with E-state index >= 15 is 0 Å². The highest BCUT2D eigenvalue weighted by Gasteiger charge is 2.41. The van der Waals surface area contributed by atoms with Crippen LogP contribution in [0, 0.1) is 20.8 Å². The molecule has 21 nitrogen and oxygen atoms in total. The number of halogens is 3. The molecule has 1 unspecified atom stereocenters. The average molecular weight is 1510 g/mol. The number of likely N-dealkylation sites (tertiary alicyclic amines) is 1. The van der Waals surface area contributed by atoms with Gasteiger partial charge in [0.05, 0.1) is 34.4 Å². The van der Waals surface area contributed by atoms with Crippen LogP contribution in [0.3, 0.4) is 0 Å². The lowest BCUT2D eigenvalue weighted by Gasteiger charge is -2.38. The summed E-state index contributed by atoms with van der Waals surface area (Å²) < 4.78 is 3.77. The molecule has 0 spiro atoms. The van der Waals surface area contributed by atoms with Crippen molar-refractivity contribution in [3.05, 3.63) is 191 Å². The minimum absolute atomic E-state index is 0.272. The van der Waals surface area contributed by atoms with Crippen molar-refractivity contribution in [2.24, 2.45) is 0 Å². The fourth-order valence-corrected chi connectivity index (χ4v) is 13.3. The van der Waals surface area contributed by atoms with Gasteiger partial charge in [-0.25, -0.2) is 4.98 Å². The van der Waals surface area contributed by atoms with E-state index < -0.39 is 78.1 Å². The van der Waals surface area contributed by atoms with E-state index in [1.54, 1.807) is 20.8 Å². The standard InChI is InChI=1S/C24H30BrN3O4.C23H24BrN3O4S.C23H28BrN3O4/c1-15-4-5-16(2)20(14-15)27-10-12-28(13-11-27)24(32)22(30)21(29)23(31)26-17(3)18-6-8-19(25)9-7-18;1-13(14-8-10-15(24)11-9-14)25-21(30)19(28)20(29)23(31)27-12-4-6-17(27)22-26-16-5-2-3-7-18(16)32-22;1-15-5-3-4-6-19(15)26-11-13-27(14-12-26)23(31)21(29)20(28)22(30)25-16(2)17-7-9-18(24)10-8-17/h4-9,14,17,21-22,29-30H,10-13H2,1-3H3,(H,26,31);2-3,5,7-11,13,17,19-20,28-29H,4,6,12H2,1H3,(H,25,30);3-10,16,20-21,28-29H,11-14H2,1-2H3,(H,25,30)/t17-,21+,22+;13-,17?,19+,20+;16-,20+,21+/m000/s1. The Kier molecular flexibility index (Phi) is 26.5. The summed E-state index contributed by atoms with van der Waals surface area (Å²) in [6.45, 7) is 16.0. The normalized spacial score (nSPS) is 17.7. The Hall–Kier alpha value is -7.17. The summed E-state index contributed by atoms with van der Waals surface area (Å²) in [7, 11) is 0. The van der Waals surface area contributed by atoms with Crippen LogP contribution in [-0.4, -0.2) is 181 Å². The summed E-state index contributed by atoms with van der Waals surface area (Å²) >= 11 is 11.6. The molecule has 3 fully saturated rings. The zero-order valence-electron chi connectivity index (χ0n) is 53.7. The number of aliphatic hydroxyl groups excluding tert-OH is 6. The number of nitrogens with one attached hydrogen (secondary N) is 3. The van der Waals surface area contributed by atoms with Crippen molar-refractivity contribution in [3.63, 3.8) is 0 Å². The predicted octanol–water partition coefficient (Wildman–Crippen LogP) is 7.64. The maximum absolute atomic E-state index is 13.0. The van der Waals surface area contributed by atoms with E-state index in [0.29, 0.717) is 58.9 Å². The van der Waals surface area contributed by atoms with E-state index in [1.165, 1.54) is 37.2 Å². The van der Waals surface area contributed by atoms with Gasteiger partial charge in [-0.15, -0.1) is 11.3 Å². The van der Waals surface area contributed by atoms with Crippen molar-refractivity contribution in [1.29, 1.82) is 0 Å². The average Bonchev–Trinajstić information content (AvgIpc) is 1.71. The number of para-hydroxylation sites is 2. The summed E-state index contributed by atoms with van der Waals surface area (Å²) in [5.41, 5.74) is 9.16. The van der Waals surface area contributed by atoms with Crippen LogP contribution < -0.4 is 25.8 Å². The van der Waals surface area contributed by atoms with E-state index in [4.69, 9.17) is 0 Å². The van der Waals surface area contributed by atoms with Crippen molar-refractivity contribution in [3.8, 4) is 0 Å². The van der Waals surface area contributed by atoms with Crippen LogP contribution in [0.2, 0.25) is 0 Å². The first kappa shape index (κ1) is 73.6. The Balaban J connectivity index is 0.000000183. The highest BCUT2D eigenvalue weighted by Crippen LogP contribution is 2.37. The smallest absolute Gasteiger partial charge is 0.255 e. The molecule has 1 aromatic heterocycles. The summed E-state index contributed by atoms with van der Waals surface area (Å²) in [5, 5.41) is 70.9. The minimum Gasteiger partial charge on any atom is -0.380 e. The molecule has 10 rings (SSSR count). The van der Waals surface area contributed by atoms with Gasteiger partial charge in [-0.2, -0.15) is 0 Å². The molecule has 0 bridgehead atoms. The number of hydrogen-bond donors (Lipinski definition) is 9. The molecule has 0 radical (unpaired) electrons. The number of rotatable bonds is 18. The maximum Gasteiger partial charge on any atom is 0.255 e. The molecular formula is C70H82Br3N9O12S. The van der Waals surface area contributed by atoms with Crippen LogP contribution in [0.4, 0.5) is 11.4 Å². The third-order valence-electron chi connectivity index (χ3n) is 17.1. The molecule has 10 atom stereocenters. The fraction of sp³-hybridized carbons (Fsp3) is 0.386. The van der Waals surface area contributed by atoms with Gasteiger partial charge in [0.1, 0.15) is 5.01 Å². The number of aryl methyl sites for hydroxylation is 3. The molecule has 7 aromatic rings. The molecule has 4 heterocycles. The number of amides is 6. The van der Waals surface area contributed by atoms with Crippen LogP contribution in [0.25, 0.3) is 10.2 Å². The monoisotopic (exact) mass is 1510 g/mol. The molecule has 3 saturated heterocycles. The lowest BCUT2D eigenvalue weighted by Crippen LogP contribution is -2.56. The third-order valence-corrected chi connectivity index (χ3v) is 19.8.